The summed E-state index contributed by atoms with van der Waals surface area (Å²) in [7, 11) is 1.80. The predicted octanol–water partition coefficient (Wildman–Crippen LogP) is 2.07. The van der Waals surface area contributed by atoms with Crippen LogP contribution in [0.25, 0.3) is 0 Å². The number of anilines is 1. The Labute approximate surface area is 118 Å². The number of hydrogen-bond donors (Lipinski definition) is 1. The average molecular weight is 283 g/mol. The molecule has 2 rings (SSSR count). The van der Waals surface area contributed by atoms with Gasteiger partial charge in [-0.1, -0.05) is 32.4 Å². The minimum Gasteiger partial charge on any atom is -0.358 e. The average Bonchev–Trinajstić information content (AvgIpc) is 2.59. The number of halogens is 1. The van der Waals surface area contributed by atoms with Gasteiger partial charge in [-0.3, -0.25) is 4.79 Å². The topological polar surface area (TPSA) is 58.1 Å². The van der Waals surface area contributed by atoms with E-state index in [-0.39, 0.29) is 17.4 Å². The van der Waals surface area contributed by atoms with Crippen molar-refractivity contribution in [3.8, 4) is 0 Å². The molecular formula is C13H19ClN4O. The summed E-state index contributed by atoms with van der Waals surface area (Å²) in [5.74, 6) is 1.37. The van der Waals surface area contributed by atoms with Crippen LogP contribution in [0.2, 0.25) is 5.15 Å². The molecule has 1 saturated heterocycles. The first-order valence-corrected chi connectivity index (χ1v) is 6.72. The highest BCUT2D eigenvalue weighted by Crippen LogP contribution is 2.23. The zero-order valence-electron chi connectivity index (χ0n) is 11.7. The first kappa shape index (κ1) is 14.1. The number of nitrogens with zero attached hydrogens (tertiary/aromatic N) is 3. The number of rotatable bonds is 2. The third-order valence-electron chi connectivity index (χ3n) is 3.12. The van der Waals surface area contributed by atoms with Crippen LogP contribution in [0.3, 0.4) is 0 Å². The molecule has 1 unspecified atom stereocenters. The molecule has 1 fully saturated rings. The van der Waals surface area contributed by atoms with E-state index in [2.05, 4.69) is 15.3 Å². The molecule has 1 aromatic heterocycles. The van der Waals surface area contributed by atoms with Crippen molar-refractivity contribution in [2.24, 2.45) is 0 Å². The quantitative estimate of drug-likeness (QED) is 0.844. The van der Waals surface area contributed by atoms with E-state index in [1.165, 1.54) is 0 Å². The molecule has 0 saturated carbocycles. The first-order valence-electron chi connectivity index (χ1n) is 6.34. The van der Waals surface area contributed by atoms with Gasteiger partial charge in [0.2, 0.25) is 5.91 Å². The molecule has 1 aliphatic heterocycles. The van der Waals surface area contributed by atoms with E-state index in [0.29, 0.717) is 16.8 Å². The molecule has 1 atom stereocenters. The number of nitrogens with one attached hydrogen (secondary N) is 1. The fourth-order valence-corrected chi connectivity index (χ4v) is 2.15. The molecule has 5 nitrogen and oxygen atoms in total. The molecule has 1 N–H and O–H groups in total. The van der Waals surface area contributed by atoms with Crippen LogP contribution in [0.15, 0.2) is 6.07 Å². The minimum absolute atomic E-state index is 0.0899. The Balaban J connectivity index is 2.22. The third kappa shape index (κ3) is 3.15. The van der Waals surface area contributed by atoms with Crippen LogP contribution in [0.1, 0.15) is 33.0 Å². The van der Waals surface area contributed by atoms with Crippen LogP contribution in [0.5, 0.6) is 0 Å². The highest BCUT2D eigenvalue weighted by atomic mass is 35.5. The smallest absolute Gasteiger partial charge is 0.244 e. The van der Waals surface area contributed by atoms with Gasteiger partial charge in [0.1, 0.15) is 22.8 Å². The van der Waals surface area contributed by atoms with Gasteiger partial charge in [0.15, 0.2) is 0 Å². The Morgan fingerprint density at radius 1 is 1.42 bits per heavy atom. The molecule has 19 heavy (non-hydrogen) atoms. The Hall–Kier alpha value is -1.36. The van der Waals surface area contributed by atoms with Gasteiger partial charge in [-0.25, -0.2) is 9.97 Å². The summed E-state index contributed by atoms with van der Waals surface area (Å²) in [6.45, 7) is 6.84. The normalized spacial score (nSPS) is 19.9. The maximum absolute atomic E-state index is 11.9. The zero-order chi connectivity index (χ0) is 14.2. The lowest BCUT2D eigenvalue weighted by molar-refractivity contribution is -0.127. The van der Waals surface area contributed by atoms with Crippen LogP contribution in [0.4, 0.5) is 5.82 Å². The van der Waals surface area contributed by atoms with Gasteiger partial charge in [-0.15, -0.1) is 0 Å². The SMILES string of the molecule is CN1CCC(Nc2cc(Cl)nc(C(C)(C)C)n2)C1=O. The van der Waals surface area contributed by atoms with Crippen LogP contribution in [0, 0.1) is 0 Å². The summed E-state index contributed by atoms with van der Waals surface area (Å²) < 4.78 is 0. The molecule has 2 heterocycles. The van der Waals surface area contributed by atoms with Crippen LogP contribution < -0.4 is 5.32 Å². The van der Waals surface area contributed by atoms with E-state index in [4.69, 9.17) is 11.6 Å². The van der Waals surface area contributed by atoms with Crippen LogP contribution in [-0.4, -0.2) is 40.4 Å². The lowest BCUT2D eigenvalue weighted by atomic mass is 9.96. The van der Waals surface area contributed by atoms with Gasteiger partial charge >= 0.3 is 0 Å². The van der Waals surface area contributed by atoms with Gasteiger partial charge in [0, 0.05) is 25.1 Å². The summed E-state index contributed by atoms with van der Waals surface area (Å²) >= 11 is 6.02. The molecule has 6 heteroatoms. The third-order valence-corrected chi connectivity index (χ3v) is 3.31. The Kier molecular flexibility index (Phi) is 3.67. The second kappa shape index (κ2) is 4.96. The predicted molar refractivity (Wildman–Crippen MR) is 75.4 cm³/mol. The van der Waals surface area contributed by atoms with E-state index in [0.717, 1.165) is 13.0 Å². The Morgan fingerprint density at radius 2 is 2.11 bits per heavy atom. The standard InChI is InChI=1S/C13H19ClN4O/c1-13(2,3)12-16-9(14)7-10(17-12)15-8-5-6-18(4)11(8)19/h7-8H,5-6H2,1-4H3,(H,15,16,17). The molecule has 0 aliphatic carbocycles. The molecule has 104 valence electrons. The van der Waals surface area contributed by atoms with E-state index < -0.39 is 0 Å². The second-order valence-corrected chi connectivity index (χ2v) is 6.28. The molecule has 1 amide bonds. The summed E-state index contributed by atoms with van der Waals surface area (Å²) in [6.07, 6.45) is 0.780. The van der Waals surface area contributed by atoms with Crippen molar-refractivity contribution < 1.29 is 4.79 Å². The summed E-state index contributed by atoms with van der Waals surface area (Å²) in [6, 6.07) is 1.44. The lowest BCUT2D eigenvalue weighted by Crippen LogP contribution is -2.31. The van der Waals surface area contributed by atoms with E-state index in [1.54, 1.807) is 18.0 Å². The number of carbonyl (C=O) groups is 1. The molecule has 0 radical (unpaired) electrons. The number of carbonyl (C=O) groups excluding carboxylic acids is 1. The van der Waals surface area contributed by atoms with Crippen molar-refractivity contribution in [2.75, 3.05) is 18.9 Å². The molecule has 0 spiro atoms. The number of hydrogen-bond acceptors (Lipinski definition) is 4. The fourth-order valence-electron chi connectivity index (χ4n) is 1.96. The van der Waals surface area contributed by atoms with Crippen molar-refractivity contribution >= 4 is 23.3 Å². The number of amides is 1. The van der Waals surface area contributed by atoms with Crippen molar-refractivity contribution in [1.29, 1.82) is 0 Å². The molecule has 0 aromatic carbocycles. The van der Waals surface area contributed by atoms with Crippen LogP contribution in [-0.2, 0) is 10.2 Å². The Morgan fingerprint density at radius 3 is 2.63 bits per heavy atom. The summed E-state index contributed by atoms with van der Waals surface area (Å²) in [4.78, 5) is 22.3. The first-order chi connectivity index (χ1) is 8.77. The maximum atomic E-state index is 11.9. The van der Waals surface area contributed by atoms with Gasteiger partial charge in [0.25, 0.3) is 0 Å². The molecular weight excluding hydrogens is 264 g/mol. The summed E-state index contributed by atoms with van der Waals surface area (Å²) in [5, 5.41) is 3.54. The van der Waals surface area contributed by atoms with Gasteiger partial charge < -0.3 is 10.2 Å². The van der Waals surface area contributed by atoms with Crippen molar-refractivity contribution in [1.82, 2.24) is 14.9 Å². The monoisotopic (exact) mass is 282 g/mol. The van der Waals surface area contributed by atoms with Crippen LogP contribution >= 0.6 is 11.6 Å². The van der Waals surface area contributed by atoms with Gasteiger partial charge in [-0.2, -0.15) is 0 Å². The number of likely N-dealkylation sites (tertiary alicyclic amines) is 1. The Bertz CT molecular complexity index is 498. The largest absolute Gasteiger partial charge is 0.358 e. The summed E-state index contributed by atoms with van der Waals surface area (Å²) in [5.41, 5.74) is -0.183. The van der Waals surface area contributed by atoms with E-state index in [9.17, 15) is 4.79 Å². The highest BCUT2D eigenvalue weighted by Gasteiger charge is 2.29. The van der Waals surface area contributed by atoms with Crippen molar-refractivity contribution in [3.63, 3.8) is 0 Å². The van der Waals surface area contributed by atoms with Gasteiger partial charge in [0.05, 0.1) is 0 Å². The molecule has 1 aliphatic rings. The number of aromatic nitrogens is 2. The van der Waals surface area contributed by atoms with Crippen molar-refractivity contribution in [3.05, 3.63) is 17.0 Å². The van der Waals surface area contributed by atoms with E-state index >= 15 is 0 Å². The second-order valence-electron chi connectivity index (χ2n) is 5.89. The number of likely N-dealkylation sites (N-methyl/N-ethyl adjacent to an activating group) is 1. The fraction of sp³-hybridized carbons (Fsp3) is 0.615. The van der Waals surface area contributed by atoms with E-state index in [1.807, 2.05) is 20.8 Å². The lowest BCUT2D eigenvalue weighted by Gasteiger charge is -2.19. The molecule has 1 aromatic rings. The zero-order valence-corrected chi connectivity index (χ0v) is 12.5. The van der Waals surface area contributed by atoms with Gasteiger partial charge in [-0.05, 0) is 6.42 Å². The maximum Gasteiger partial charge on any atom is 0.244 e. The van der Waals surface area contributed by atoms with Crippen molar-refractivity contribution in [2.45, 2.75) is 38.6 Å². The minimum atomic E-state index is -0.219. The molecule has 0 bridgehead atoms. The highest BCUT2D eigenvalue weighted by molar-refractivity contribution is 6.29.